The molecule has 0 saturated heterocycles. The second-order valence-electron chi connectivity index (χ2n) is 6.28. The van der Waals surface area contributed by atoms with E-state index in [9.17, 15) is 0 Å². The number of ether oxygens (including phenoxy) is 2. The minimum atomic E-state index is 0.372. The molecule has 0 aliphatic carbocycles. The predicted octanol–water partition coefficient (Wildman–Crippen LogP) is 5.35. The van der Waals surface area contributed by atoms with Gasteiger partial charge in [-0.25, -0.2) is 0 Å². The molecule has 138 valence electrons. The average molecular weight is 338 g/mol. The molecule has 0 atom stereocenters. The van der Waals surface area contributed by atoms with Crippen molar-refractivity contribution in [2.24, 2.45) is 0 Å². The third kappa shape index (κ3) is 11.2. The van der Waals surface area contributed by atoms with Crippen LogP contribution in [0.5, 0.6) is 12.0 Å². The van der Waals surface area contributed by atoms with Crippen molar-refractivity contribution in [1.29, 1.82) is 0 Å². The zero-order chi connectivity index (χ0) is 17.3. The summed E-state index contributed by atoms with van der Waals surface area (Å²) in [6.45, 7) is 5.78. The van der Waals surface area contributed by atoms with E-state index >= 15 is 0 Å². The van der Waals surface area contributed by atoms with Crippen LogP contribution >= 0.6 is 0 Å². The van der Waals surface area contributed by atoms with Gasteiger partial charge in [0.25, 0.3) is 0 Å². The van der Waals surface area contributed by atoms with Crippen LogP contribution in [0.1, 0.15) is 90.9 Å². The summed E-state index contributed by atoms with van der Waals surface area (Å²) >= 11 is 0. The highest BCUT2D eigenvalue weighted by atomic mass is 16.5. The maximum Gasteiger partial charge on any atom is 0.322 e. The van der Waals surface area contributed by atoms with Gasteiger partial charge in [0.15, 0.2) is 0 Å². The summed E-state index contributed by atoms with van der Waals surface area (Å²) in [5, 5.41) is 0. The molecular weight excluding hydrogens is 302 g/mol. The van der Waals surface area contributed by atoms with Crippen LogP contribution in [0.4, 0.5) is 0 Å². The summed E-state index contributed by atoms with van der Waals surface area (Å²) in [6.07, 6.45) is 16.4. The van der Waals surface area contributed by atoms with Gasteiger partial charge in [-0.3, -0.25) is 0 Å². The molecule has 0 aliphatic rings. The Morgan fingerprint density at radius 1 is 0.625 bits per heavy atom. The van der Waals surface area contributed by atoms with Crippen molar-refractivity contribution < 1.29 is 9.47 Å². The van der Waals surface area contributed by atoms with Crippen molar-refractivity contribution >= 4 is 0 Å². The minimum absolute atomic E-state index is 0.372. The van der Waals surface area contributed by atoms with Crippen LogP contribution < -0.4 is 9.47 Å². The van der Waals surface area contributed by atoms with Crippen molar-refractivity contribution in [2.75, 3.05) is 13.2 Å². The molecule has 0 aromatic carbocycles. The summed E-state index contributed by atoms with van der Waals surface area (Å²) in [4.78, 5) is 12.3. The van der Waals surface area contributed by atoms with Crippen molar-refractivity contribution in [3.8, 4) is 12.0 Å². The van der Waals surface area contributed by atoms with Crippen LogP contribution in [0.25, 0.3) is 0 Å². The highest BCUT2D eigenvalue weighted by molar-refractivity contribution is 4.99. The summed E-state index contributed by atoms with van der Waals surface area (Å²) in [5.74, 6) is 0. The number of aromatic nitrogens is 3. The molecule has 0 aliphatic heterocycles. The maximum atomic E-state index is 5.58. The van der Waals surface area contributed by atoms with Crippen molar-refractivity contribution in [2.45, 2.75) is 90.9 Å². The Bertz CT molecular complexity index is 369. The van der Waals surface area contributed by atoms with Gasteiger partial charge in [-0.1, -0.05) is 78.1 Å². The third-order valence-electron chi connectivity index (χ3n) is 3.99. The van der Waals surface area contributed by atoms with E-state index in [0.717, 1.165) is 12.8 Å². The lowest BCUT2D eigenvalue weighted by Gasteiger charge is -2.06. The summed E-state index contributed by atoms with van der Waals surface area (Å²) < 4.78 is 11.2. The minimum Gasteiger partial charge on any atom is -0.463 e. The van der Waals surface area contributed by atoms with E-state index in [2.05, 4.69) is 28.8 Å². The van der Waals surface area contributed by atoms with Gasteiger partial charge in [0.05, 0.1) is 13.2 Å². The molecule has 1 aromatic heterocycles. The van der Waals surface area contributed by atoms with E-state index in [-0.39, 0.29) is 0 Å². The molecule has 0 fully saturated rings. The molecule has 1 aromatic rings. The fourth-order valence-corrected chi connectivity index (χ4v) is 2.50. The Hall–Kier alpha value is -1.39. The fourth-order valence-electron chi connectivity index (χ4n) is 2.50. The number of rotatable bonds is 16. The Labute approximate surface area is 147 Å². The molecule has 0 spiro atoms. The second kappa shape index (κ2) is 15.2. The SMILES string of the molecule is CCCCCCCCOc1ncnc(OCCCCCCCC)n1. The summed E-state index contributed by atoms with van der Waals surface area (Å²) in [7, 11) is 0. The Morgan fingerprint density at radius 2 is 1.04 bits per heavy atom. The predicted molar refractivity (Wildman–Crippen MR) is 97.6 cm³/mol. The summed E-state index contributed by atoms with van der Waals surface area (Å²) in [5.41, 5.74) is 0. The highest BCUT2D eigenvalue weighted by Crippen LogP contribution is 2.10. The maximum absolute atomic E-state index is 5.58. The largest absolute Gasteiger partial charge is 0.463 e. The molecule has 1 heterocycles. The van der Waals surface area contributed by atoms with E-state index in [0.29, 0.717) is 25.2 Å². The van der Waals surface area contributed by atoms with Gasteiger partial charge < -0.3 is 9.47 Å². The molecule has 5 heteroatoms. The van der Waals surface area contributed by atoms with E-state index in [1.165, 1.54) is 70.5 Å². The van der Waals surface area contributed by atoms with Crippen LogP contribution in [0, 0.1) is 0 Å². The van der Waals surface area contributed by atoms with Crippen LogP contribution in [0.3, 0.4) is 0 Å². The second-order valence-corrected chi connectivity index (χ2v) is 6.28. The molecule has 0 bridgehead atoms. The van der Waals surface area contributed by atoms with E-state index in [1.54, 1.807) is 0 Å². The zero-order valence-corrected chi connectivity index (χ0v) is 15.6. The first-order chi connectivity index (χ1) is 11.9. The first-order valence-corrected chi connectivity index (χ1v) is 9.81. The smallest absolute Gasteiger partial charge is 0.322 e. The number of hydrogen-bond donors (Lipinski definition) is 0. The van der Waals surface area contributed by atoms with Crippen molar-refractivity contribution in [3.05, 3.63) is 6.33 Å². The third-order valence-corrected chi connectivity index (χ3v) is 3.99. The van der Waals surface area contributed by atoms with Crippen LogP contribution in [-0.2, 0) is 0 Å². The highest BCUT2D eigenvalue weighted by Gasteiger charge is 2.03. The first-order valence-electron chi connectivity index (χ1n) is 9.81. The fraction of sp³-hybridized carbons (Fsp3) is 0.842. The zero-order valence-electron chi connectivity index (χ0n) is 15.6. The normalized spacial score (nSPS) is 10.8. The molecule has 0 radical (unpaired) electrons. The van der Waals surface area contributed by atoms with Gasteiger partial charge in [0.1, 0.15) is 6.33 Å². The Balaban J connectivity index is 2.08. The van der Waals surface area contributed by atoms with Gasteiger partial charge in [0.2, 0.25) is 0 Å². The Morgan fingerprint density at radius 3 is 1.50 bits per heavy atom. The molecule has 1 rings (SSSR count). The number of nitrogens with zero attached hydrogens (tertiary/aromatic N) is 3. The standard InChI is InChI=1S/C19H35N3O2/c1-3-5-7-9-11-13-15-23-18-20-17-21-19(22-18)24-16-14-12-10-8-6-4-2/h17H,3-16H2,1-2H3. The monoisotopic (exact) mass is 337 g/mol. The molecular formula is C19H35N3O2. The molecule has 0 N–H and O–H groups in total. The lowest BCUT2D eigenvalue weighted by Crippen LogP contribution is -2.05. The lowest BCUT2D eigenvalue weighted by atomic mass is 10.1. The van der Waals surface area contributed by atoms with Crippen molar-refractivity contribution in [1.82, 2.24) is 15.0 Å². The van der Waals surface area contributed by atoms with E-state index < -0.39 is 0 Å². The van der Waals surface area contributed by atoms with Gasteiger partial charge in [0, 0.05) is 0 Å². The first kappa shape index (κ1) is 20.7. The van der Waals surface area contributed by atoms with E-state index in [4.69, 9.17) is 9.47 Å². The topological polar surface area (TPSA) is 57.1 Å². The lowest BCUT2D eigenvalue weighted by molar-refractivity contribution is 0.252. The van der Waals surface area contributed by atoms with E-state index in [1.807, 2.05) is 0 Å². The molecule has 0 amide bonds. The molecule has 5 nitrogen and oxygen atoms in total. The van der Waals surface area contributed by atoms with Gasteiger partial charge in [-0.15, -0.1) is 4.98 Å². The number of unbranched alkanes of at least 4 members (excludes halogenated alkanes) is 10. The van der Waals surface area contributed by atoms with Crippen LogP contribution in [-0.4, -0.2) is 28.2 Å². The van der Waals surface area contributed by atoms with Crippen molar-refractivity contribution in [3.63, 3.8) is 0 Å². The van der Waals surface area contributed by atoms with Crippen LogP contribution in [0.2, 0.25) is 0 Å². The molecule has 24 heavy (non-hydrogen) atoms. The summed E-state index contributed by atoms with van der Waals surface area (Å²) in [6, 6.07) is 0.744. The molecule has 0 unspecified atom stereocenters. The number of hydrogen-bond acceptors (Lipinski definition) is 5. The van der Waals surface area contributed by atoms with Gasteiger partial charge >= 0.3 is 12.0 Å². The van der Waals surface area contributed by atoms with Gasteiger partial charge in [-0.2, -0.15) is 9.97 Å². The molecule has 0 saturated carbocycles. The Kier molecular flexibility index (Phi) is 13.0. The average Bonchev–Trinajstić information content (AvgIpc) is 2.60. The van der Waals surface area contributed by atoms with Gasteiger partial charge in [-0.05, 0) is 12.8 Å². The van der Waals surface area contributed by atoms with Crippen LogP contribution in [0.15, 0.2) is 6.33 Å². The quantitative estimate of drug-likeness (QED) is 0.381.